The normalized spacial score (nSPS) is 14.7. The Labute approximate surface area is 176 Å². The van der Waals surface area contributed by atoms with E-state index < -0.39 is 0 Å². The van der Waals surface area contributed by atoms with Gasteiger partial charge in [0.15, 0.2) is 5.96 Å². The van der Waals surface area contributed by atoms with Gasteiger partial charge in [-0.1, -0.05) is 0 Å². The minimum Gasteiger partial charge on any atom is -0.469 e. The number of hydrogen-bond donors (Lipinski definition) is 2. The first kappa shape index (κ1) is 21.7. The van der Waals surface area contributed by atoms with Crippen molar-refractivity contribution in [3.05, 3.63) is 54.2 Å². The molecule has 30 heavy (non-hydrogen) atoms. The van der Waals surface area contributed by atoms with Gasteiger partial charge in [0.05, 0.1) is 6.26 Å². The van der Waals surface area contributed by atoms with Crippen molar-refractivity contribution in [2.75, 3.05) is 50.7 Å². The molecule has 0 unspecified atom stereocenters. The molecule has 1 aromatic heterocycles. The van der Waals surface area contributed by atoms with Crippen molar-refractivity contribution in [2.24, 2.45) is 4.99 Å². The number of piperazine rings is 1. The van der Waals surface area contributed by atoms with Crippen molar-refractivity contribution < 1.29 is 13.6 Å². The number of anilines is 1. The number of nitrogens with one attached hydrogen (secondary N) is 2. The van der Waals surface area contributed by atoms with Crippen molar-refractivity contribution in [1.29, 1.82) is 0 Å². The number of aliphatic imine (C=N–C) groups is 1. The SMILES string of the molecule is CCNC(=NCCc1ccco1)NCCC(=O)N1CCN(c2ccc(F)cc2)CC1. The minimum absolute atomic E-state index is 0.132. The van der Waals surface area contributed by atoms with Gasteiger partial charge in [-0.05, 0) is 43.3 Å². The summed E-state index contributed by atoms with van der Waals surface area (Å²) >= 11 is 0. The zero-order valence-electron chi connectivity index (χ0n) is 17.4. The number of nitrogens with zero attached hydrogens (tertiary/aromatic N) is 3. The van der Waals surface area contributed by atoms with Gasteiger partial charge in [0.1, 0.15) is 11.6 Å². The molecule has 1 saturated heterocycles. The highest BCUT2D eigenvalue weighted by Gasteiger charge is 2.21. The third kappa shape index (κ3) is 6.50. The number of hydrogen-bond acceptors (Lipinski definition) is 4. The second-order valence-electron chi connectivity index (χ2n) is 7.11. The summed E-state index contributed by atoms with van der Waals surface area (Å²) in [5, 5.41) is 6.42. The Balaban J connectivity index is 1.38. The van der Waals surface area contributed by atoms with Crippen molar-refractivity contribution in [1.82, 2.24) is 15.5 Å². The minimum atomic E-state index is -0.235. The van der Waals surface area contributed by atoms with Crippen LogP contribution in [0.3, 0.4) is 0 Å². The Hall–Kier alpha value is -3.03. The molecule has 1 aliphatic heterocycles. The van der Waals surface area contributed by atoms with Gasteiger partial charge in [-0.15, -0.1) is 0 Å². The molecule has 1 aliphatic rings. The highest BCUT2D eigenvalue weighted by Crippen LogP contribution is 2.17. The molecule has 0 spiro atoms. The van der Waals surface area contributed by atoms with Gasteiger partial charge in [-0.3, -0.25) is 9.79 Å². The van der Waals surface area contributed by atoms with E-state index in [9.17, 15) is 9.18 Å². The van der Waals surface area contributed by atoms with E-state index in [1.54, 1.807) is 18.4 Å². The van der Waals surface area contributed by atoms with E-state index in [1.807, 2.05) is 24.0 Å². The highest BCUT2D eigenvalue weighted by molar-refractivity contribution is 5.81. The lowest BCUT2D eigenvalue weighted by atomic mass is 10.2. The fraction of sp³-hybridized carbons (Fsp3) is 0.455. The molecule has 7 nitrogen and oxygen atoms in total. The molecule has 2 heterocycles. The molecule has 0 atom stereocenters. The number of carbonyl (C=O) groups excluding carboxylic acids is 1. The maximum absolute atomic E-state index is 13.1. The molecular weight excluding hydrogens is 385 g/mol. The highest BCUT2D eigenvalue weighted by atomic mass is 19.1. The molecule has 0 aliphatic carbocycles. The number of benzene rings is 1. The molecular formula is C22H30FN5O2. The number of rotatable bonds is 8. The van der Waals surface area contributed by atoms with Crippen LogP contribution in [0.4, 0.5) is 10.1 Å². The predicted octanol–water partition coefficient (Wildman–Crippen LogP) is 2.26. The number of furan rings is 1. The van der Waals surface area contributed by atoms with Crippen LogP contribution in [0.2, 0.25) is 0 Å². The first-order chi connectivity index (χ1) is 14.7. The average molecular weight is 416 g/mol. The first-order valence-corrected chi connectivity index (χ1v) is 10.5. The van der Waals surface area contributed by atoms with Crippen LogP contribution in [0.25, 0.3) is 0 Å². The van der Waals surface area contributed by atoms with E-state index in [2.05, 4.69) is 20.5 Å². The second kappa shape index (κ2) is 11.2. The number of guanidine groups is 1. The lowest BCUT2D eigenvalue weighted by molar-refractivity contribution is -0.131. The Bertz CT molecular complexity index is 799. The molecule has 1 aromatic carbocycles. The molecule has 0 radical (unpaired) electrons. The second-order valence-corrected chi connectivity index (χ2v) is 7.11. The largest absolute Gasteiger partial charge is 0.469 e. The van der Waals surface area contributed by atoms with Gasteiger partial charge in [0.2, 0.25) is 5.91 Å². The molecule has 0 saturated carbocycles. The van der Waals surface area contributed by atoms with Gasteiger partial charge >= 0.3 is 0 Å². The third-order valence-corrected chi connectivity index (χ3v) is 5.01. The molecule has 8 heteroatoms. The van der Waals surface area contributed by atoms with E-state index in [-0.39, 0.29) is 11.7 Å². The lowest BCUT2D eigenvalue weighted by Gasteiger charge is -2.36. The van der Waals surface area contributed by atoms with Gasteiger partial charge in [0, 0.05) is 64.3 Å². The van der Waals surface area contributed by atoms with Crippen molar-refractivity contribution in [2.45, 2.75) is 19.8 Å². The van der Waals surface area contributed by atoms with Crippen molar-refractivity contribution >= 4 is 17.6 Å². The number of carbonyl (C=O) groups is 1. The Morgan fingerprint density at radius 2 is 1.90 bits per heavy atom. The molecule has 3 rings (SSSR count). The first-order valence-electron chi connectivity index (χ1n) is 10.5. The third-order valence-electron chi connectivity index (χ3n) is 5.01. The number of amides is 1. The fourth-order valence-electron chi connectivity index (χ4n) is 3.39. The van der Waals surface area contributed by atoms with Crippen molar-refractivity contribution in [3.8, 4) is 0 Å². The van der Waals surface area contributed by atoms with Crippen molar-refractivity contribution in [3.63, 3.8) is 0 Å². The summed E-state index contributed by atoms with van der Waals surface area (Å²) in [6, 6.07) is 10.3. The lowest BCUT2D eigenvalue weighted by Crippen LogP contribution is -2.49. The summed E-state index contributed by atoms with van der Waals surface area (Å²) in [4.78, 5) is 21.1. The van der Waals surface area contributed by atoms with Crippen LogP contribution in [-0.2, 0) is 11.2 Å². The van der Waals surface area contributed by atoms with Crippen LogP contribution in [0, 0.1) is 5.82 Å². The van der Waals surface area contributed by atoms with E-state index in [0.717, 1.165) is 37.5 Å². The van der Waals surface area contributed by atoms with Gasteiger partial charge in [-0.25, -0.2) is 4.39 Å². The summed E-state index contributed by atoms with van der Waals surface area (Å²) in [6.07, 6.45) is 2.81. The topological polar surface area (TPSA) is 73.1 Å². The number of halogens is 1. The monoisotopic (exact) mass is 415 g/mol. The molecule has 1 fully saturated rings. The van der Waals surface area contributed by atoms with Crippen LogP contribution in [0.15, 0.2) is 52.1 Å². The van der Waals surface area contributed by atoms with Crippen LogP contribution in [0.5, 0.6) is 0 Å². The summed E-state index contributed by atoms with van der Waals surface area (Å²) < 4.78 is 18.4. The fourth-order valence-corrected chi connectivity index (χ4v) is 3.39. The quantitative estimate of drug-likeness (QED) is 0.511. The molecule has 162 valence electrons. The Kier molecular flexibility index (Phi) is 8.11. The Morgan fingerprint density at radius 1 is 1.13 bits per heavy atom. The predicted molar refractivity (Wildman–Crippen MR) is 116 cm³/mol. The van der Waals surface area contributed by atoms with E-state index in [1.165, 1.54) is 12.1 Å². The van der Waals surface area contributed by atoms with Gasteiger partial charge in [-0.2, -0.15) is 0 Å². The van der Waals surface area contributed by atoms with Gasteiger partial charge in [0.25, 0.3) is 0 Å². The van der Waals surface area contributed by atoms with E-state index in [0.29, 0.717) is 38.6 Å². The maximum Gasteiger partial charge on any atom is 0.224 e. The molecule has 2 N–H and O–H groups in total. The van der Waals surface area contributed by atoms with E-state index >= 15 is 0 Å². The smallest absolute Gasteiger partial charge is 0.224 e. The zero-order valence-corrected chi connectivity index (χ0v) is 17.4. The Morgan fingerprint density at radius 3 is 2.57 bits per heavy atom. The van der Waals surface area contributed by atoms with Gasteiger partial charge < -0.3 is 24.9 Å². The average Bonchev–Trinajstić information content (AvgIpc) is 3.28. The summed E-state index contributed by atoms with van der Waals surface area (Å²) in [7, 11) is 0. The van der Waals surface area contributed by atoms with E-state index in [4.69, 9.17) is 4.42 Å². The summed E-state index contributed by atoms with van der Waals surface area (Å²) in [5.74, 6) is 1.51. The molecule has 0 bridgehead atoms. The van der Waals surface area contributed by atoms with Crippen LogP contribution in [0.1, 0.15) is 19.1 Å². The summed E-state index contributed by atoms with van der Waals surface area (Å²) in [6.45, 7) is 6.76. The standard InChI is InChI=1S/C22H30FN5O2/c1-2-24-22(25-11-9-20-4-3-17-30-20)26-12-10-21(29)28-15-13-27(14-16-28)19-7-5-18(23)6-8-19/h3-8,17H,2,9-16H2,1H3,(H2,24,25,26). The van der Waals surface area contributed by atoms with Crippen LogP contribution in [-0.4, -0.2) is 62.6 Å². The zero-order chi connectivity index (χ0) is 21.2. The maximum atomic E-state index is 13.1. The molecule has 2 aromatic rings. The van der Waals surface area contributed by atoms with Crippen LogP contribution < -0.4 is 15.5 Å². The van der Waals surface area contributed by atoms with Crippen LogP contribution >= 0.6 is 0 Å². The summed E-state index contributed by atoms with van der Waals surface area (Å²) in [5.41, 5.74) is 0.992. The molecule has 1 amide bonds.